The lowest BCUT2D eigenvalue weighted by atomic mass is 10.2. The highest BCUT2D eigenvalue weighted by atomic mass is 32.2. The summed E-state index contributed by atoms with van der Waals surface area (Å²) in [5.41, 5.74) is 7.30. The van der Waals surface area contributed by atoms with Crippen molar-refractivity contribution in [2.24, 2.45) is 5.73 Å². The molecule has 4 heteroatoms. The van der Waals surface area contributed by atoms with Gasteiger partial charge in [-0.15, -0.1) is 0 Å². The van der Waals surface area contributed by atoms with E-state index >= 15 is 0 Å². The van der Waals surface area contributed by atoms with Crippen LogP contribution in [0.1, 0.15) is 51.3 Å². The number of rotatable bonds is 6. The van der Waals surface area contributed by atoms with Crippen LogP contribution in [0, 0.1) is 0 Å². The zero-order valence-corrected chi connectivity index (χ0v) is 12.3. The third-order valence-corrected chi connectivity index (χ3v) is 4.76. The maximum Gasteiger partial charge on any atom is 0.0640 e. The van der Waals surface area contributed by atoms with E-state index in [9.17, 15) is 0 Å². The molecule has 1 aromatic heterocycles. The first-order valence-electron chi connectivity index (χ1n) is 7.06. The quantitative estimate of drug-likeness (QED) is 0.861. The summed E-state index contributed by atoms with van der Waals surface area (Å²) >= 11 is 1.93. The Kier molecular flexibility index (Phi) is 5.13. The fourth-order valence-electron chi connectivity index (χ4n) is 2.50. The molecule has 1 aliphatic rings. The van der Waals surface area contributed by atoms with Crippen LogP contribution in [0.5, 0.6) is 0 Å². The molecule has 3 nitrogen and oxygen atoms in total. The molecule has 0 radical (unpaired) electrons. The third kappa shape index (κ3) is 4.02. The van der Waals surface area contributed by atoms with Crippen molar-refractivity contribution in [2.75, 3.05) is 5.75 Å². The Labute approximate surface area is 115 Å². The van der Waals surface area contributed by atoms with E-state index in [4.69, 9.17) is 5.73 Å². The van der Waals surface area contributed by atoms with Gasteiger partial charge in [0.2, 0.25) is 0 Å². The van der Waals surface area contributed by atoms with Gasteiger partial charge >= 0.3 is 0 Å². The van der Waals surface area contributed by atoms with E-state index < -0.39 is 0 Å². The van der Waals surface area contributed by atoms with Gasteiger partial charge in [-0.1, -0.05) is 26.7 Å². The highest BCUT2D eigenvalue weighted by Gasteiger charge is 2.18. The Bertz CT molecular complexity index is 356. The van der Waals surface area contributed by atoms with Crippen molar-refractivity contribution >= 4 is 11.8 Å². The number of nitrogens with zero attached hydrogens (tertiary/aromatic N) is 2. The van der Waals surface area contributed by atoms with Crippen LogP contribution in [0.15, 0.2) is 12.3 Å². The van der Waals surface area contributed by atoms with E-state index in [1.807, 2.05) is 11.8 Å². The maximum atomic E-state index is 6.15. The van der Waals surface area contributed by atoms with Crippen LogP contribution in [-0.2, 0) is 6.42 Å². The Morgan fingerprint density at radius 1 is 1.44 bits per heavy atom. The SMILES string of the molecule is CC(C)SCC(N)Cc1ccn(C2CCCC2)n1. The molecular weight excluding hydrogens is 242 g/mol. The van der Waals surface area contributed by atoms with Gasteiger partial charge in [0.15, 0.2) is 0 Å². The van der Waals surface area contributed by atoms with Crippen LogP contribution >= 0.6 is 11.8 Å². The summed E-state index contributed by atoms with van der Waals surface area (Å²) < 4.78 is 2.16. The first kappa shape index (κ1) is 13.9. The number of aromatic nitrogens is 2. The predicted octanol–water partition coefficient (Wildman–Crippen LogP) is 3.01. The van der Waals surface area contributed by atoms with Gasteiger partial charge < -0.3 is 5.73 Å². The van der Waals surface area contributed by atoms with Crippen LogP contribution in [-0.4, -0.2) is 26.8 Å². The van der Waals surface area contributed by atoms with Gasteiger partial charge in [-0.05, 0) is 24.2 Å². The van der Waals surface area contributed by atoms with Crippen LogP contribution in [0.2, 0.25) is 0 Å². The molecule has 1 saturated carbocycles. The van der Waals surface area contributed by atoms with Crippen molar-refractivity contribution in [1.82, 2.24) is 9.78 Å². The Hall–Kier alpha value is -0.480. The highest BCUT2D eigenvalue weighted by molar-refractivity contribution is 7.99. The average molecular weight is 267 g/mol. The highest BCUT2D eigenvalue weighted by Crippen LogP contribution is 2.28. The standard InChI is InChI=1S/C14H25N3S/c1-11(2)18-10-12(15)9-13-7-8-17(16-13)14-5-3-4-6-14/h7-8,11-12,14H,3-6,9-10,15H2,1-2H3. The molecular formula is C14H25N3S. The molecule has 18 heavy (non-hydrogen) atoms. The summed E-state index contributed by atoms with van der Waals surface area (Å²) in [4.78, 5) is 0. The Morgan fingerprint density at radius 2 is 2.17 bits per heavy atom. The minimum Gasteiger partial charge on any atom is -0.327 e. The van der Waals surface area contributed by atoms with Gasteiger partial charge in [0, 0.05) is 24.4 Å². The second-order valence-electron chi connectivity index (χ2n) is 5.57. The summed E-state index contributed by atoms with van der Waals surface area (Å²) in [6.07, 6.45) is 8.31. The molecule has 102 valence electrons. The van der Waals surface area contributed by atoms with Gasteiger partial charge in [0.05, 0.1) is 11.7 Å². The molecule has 0 bridgehead atoms. The van der Waals surface area contributed by atoms with Crippen molar-refractivity contribution in [3.05, 3.63) is 18.0 Å². The molecule has 1 fully saturated rings. The lowest BCUT2D eigenvalue weighted by Gasteiger charge is -2.12. The molecule has 0 aromatic carbocycles. The number of nitrogens with two attached hydrogens (primary N) is 1. The average Bonchev–Trinajstić information content (AvgIpc) is 2.95. The predicted molar refractivity (Wildman–Crippen MR) is 79.0 cm³/mol. The molecule has 0 aliphatic heterocycles. The molecule has 1 heterocycles. The van der Waals surface area contributed by atoms with E-state index in [-0.39, 0.29) is 6.04 Å². The van der Waals surface area contributed by atoms with E-state index in [0.717, 1.165) is 17.9 Å². The van der Waals surface area contributed by atoms with Crippen molar-refractivity contribution in [3.63, 3.8) is 0 Å². The topological polar surface area (TPSA) is 43.8 Å². The van der Waals surface area contributed by atoms with Gasteiger partial charge in [-0.3, -0.25) is 4.68 Å². The Morgan fingerprint density at radius 3 is 2.83 bits per heavy atom. The van der Waals surface area contributed by atoms with Crippen LogP contribution in [0.4, 0.5) is 0 Å². The number of hydrogen-bond donors (Lipinski definition) is 1. The minimum absolute atomic E-state index is 0.226. The van der Waals surface area contributed by atoms with Crippen molar-refractivity contribution in [3.8, 4) is 0 Å². The summed E-state index contributed by atoms with van der Waals surface area (Å²) in [5, 5.41) is 5.35. The van der Waals surface area contributed by atoms with Crippen molar-refractivity contribution in [2.45, 2.75) is 63.3 Å². The molecule has 2 N–H and O–H groups in total. The van der Waals surface area contributed by atoms with Crippen LogP contribution < -0.4 is 5.73 Å². The number of thioether (sulfide) groups is 1. The molecule has 0 amide bonds. The fraction of sp³-hybridized carbons (Fsp3) is 0.786. The molecule has 0 spiro atoms. The summed E-state index contributed by atoms with van der Waals surface area (Å²) in [6.45, 7) is 4.43. The minimum atomic E-state index is 0.226. The monoisotopic (exact) mass is 267 g/mol. The second-order valence-corrected chi connectivity index (χ2v) is 7.18. The van der Waals surface area contributed by atoms with Gasteiger partial charge in [0.1, 0.15) is 0 Å². The second kappa shape index (κ2) is 6.62. The molecule has 1 atom stereocenters. The van der Waals surface area contributed by atoms with Crippen molar-refractivity contribution in [1.29, 1.82) is 0 Å². The number of hydrogen-bond acceptors (Lipinski definition) is 3. The van der Waals surface area contributed by atoms with E-state index in [2.05, 4.69) is 35.9 Å². The van der Waals surface area contributed by atoms with Gasteiger partial charge in [-0.2, -0.15) is 16.9 Å². The van der Waals surface area contributed by atoms with Crippen LogP contribution in [0.3, 0.4) is 0 Å². The van der Waals surface area contributed by atoms with E-state index in [0.29, 0.717) is 11.3 Å². The normalized spacial score (nSPS) is 18.7. The van der Waals surface area contributed by atoms with Crippen molar-refractivity contribution < 1.29 is 0 Å². The third-order valence-electron chi connectivity index (χ3n) is 3.48. The van der Waals surface area contributed by atoms with Gasteiger partial charge in [-0.25, -0.2) is 0 Å². The van der Waals surface area contributed by atoms with E-state index in [1.165, 1.54) is 25.7 Å². The first-order valence-corrected chi connectivity index (χ1v) is 8.11. The van der Waals surface area contributed by atoms with Crippen LogP contribution in [0.25, 0.3) is 0 Å². The molecule has 0 saturated heterocycles. The fourth-order valence-corrected chi connectivity index (χ4v) is 3.25. The Balaban J connectivity index is 1.82. The zero-order valence-electron chi connectivity index (χ0n) is 11.5. The lowest BCUT2D eigenvalue weighted by Crippen LogP contribution is -2.26. The zero-order chi connectivity index (χ0) is 13.0. The lowest BCUT2D eigenvalue weighted by molar-refractivity contribution is 0.461. The molecule has 1 unspecified atom stereocenters. The molecule has 1 aromatic rings. The van der Waals surface area contributed by atoms with Gasteiger partial charge in [0.25, 0.3) is 0 Å². The molecule has 2 rings (SSSR count). The largest absolute Gasteiger partial charge is 0.327 e. The summed E-state index contributed by atoms with van der Waals surface area (Å²) in [5.74, 6) is 1.02. The first-order chi connectivity index (χ1) is 8.65. The smallest absolute Gasteiger partial charge is 0.0640 e. The summed E-state index contributed by atoms with van der Waals surface area (Å²) in [7, 11) is 0. The maximum absolute atomic E-state index is 6.15. The molecule has 1 aliphatic carbocycles. The van der Waals surface area contributed by atoms with E-state index in [1.54, 1.807) is 0 Å². The summed E-state index contributed by atoms with van der Waals surface area (Å²) in [6, 6.07) is 3.00.